The van der Waals surface area contributed by atoms with Crippen LogP contribution in [0.25, 0.3) is 0 Å². The van der Waals surface area contributed by atoms with Crippen molar-refractivity contribution in [1.82, 2.24) is 0 Å². The van der Waals surface area contributed by atoms with Crippen LogP contribution in [-0.4, -0.2) is 17.8 Å². The first kappa shape index (κ1) is 13.1. The Morgan fingerprint density at radius 3 is 3.00 bits per heavy atom. The van der Waals surface area contributed by atoms with Crippen molar-refractivity contribution < 1.29 is 9.84 Å². The molecule has 2 rings (SSSR count). The molecule has 1 aromatic carbocycles. The molecule has 17 heavy (non-hydrogen) atoms. The lowest BCUT2D eigenvalue weighted by Crippen LogP contribution is -2.23. The molecule has 0 aromatic heterocycles. The highest BCUT2D eigenvalue weighted by Crippen LogP contribution is 2.30. The molecule has 3 heteroatoms. The normalized spacial score (nSPS) is 23.6. The average molecular weight is 299 g/mol. The molecule has 0 amide bonds. The fourth-order valence-electron chi connectivity index (χ4n) is 2.28. The molecule has 1 aliphatic rings. The van der Waals surface area contributed by atoms with Gasteiger partial charge in [-0.05, 0) is 50.3 Å². The van der Waals surface area contributed by atoms with Gasteiger partial charge < -0.3 is 9.84 Å². The molecule has 94 valence electrons. The van der Waals surface area contributed by atoms with Gasteiger partial charge in [-0.15, -0.1) is 0 Å². The Morgan fingerprint density at radius 2 is 2.35 bits per heavy atom. The zero-order valence-electron chi connectivity index (χ0n) is 10.2. The van der Waals surface area contributed by atoms with Gasteiger partial charge in [0.25, 0.3) is 0 Å². The second kappa shape index (κ2) is 5.51. The minimum Gasteiger partial charge on any atom is -0.385 e. The van der Waals surface area contributed by atoms with Crippen molar-refractivity contribution in [1.29, 1.82) is 0 Å². The minimum atomic E-state index is -0.768. The molecule has 0 spiro atoms. The monoisotopic (exact) mass is 298 g/mol. The lowest BCUT2D eigenvalue weighted by molar-refractivity contribution is 0.0220. The van der Waals surface area contributed by atoms with Gasteiger partial charge in [0.15, 0.2) is 0 Å². The van der Waals surface area contributed by atoms with E-state index in [0.29, 0.717) is 6.10 Å². The number of halogens is 1. The predicted molar refractivity (Wildman–Crippen MR) is 71.9 cm³/mol. The van der Waals surface area contributed by atoms with Gasteiger partial charge in [-0.2, -0.15) is 0 Å². The number of benzene rings is 1. The van der Waals surface area contributed by atoms with E-state index in [9.17, 15) is 5.11 Å². The van der Waals surface area contributed by atoms with Crippen LogP contribution in [-0.2, 0) is 10.3 Å². The van der Waals surface area contributed by atoms with E-state index in [2.05, 4.69) is 15.9 Å². The molecule has 1 saturated heterocycles. The number of hydrogen-bond acceptors (Lipinski definition) is 2. The van der Waals surface area contributed by atoms with E-state index in [0.717, 1.165) is 42.3 Å². The van der Waals surface area contributed by atoms with Crippen LogP contribution in [0.15, 0.2) is 28.7 Å². The molecule has 2 nitrogen and oxygen atoms in total. The number of aliphatic hydroxyl groups is 1. The summed E-state index contributed by atoms with van der Waals surface area (Å²) < 4.78 is 6.59. The Balaban J connectivity index is 1.97. The van der Waals surface area contributed by atoms with Gasteiger partial charge in [0.05, 0.1) is 11.7 Å². The van der Waals surface area contributed by atoms with E-state index in [1.54, 1.807) is 0 Å². The lowest BCUT2D eigenvalue weighted by Gasteiger charge is -2.25. The summed E-state index contributed by atoms with van der Waals surface area (Å²) in [5.41, 5.74) is 0.195. The molecule has 2 atom stereocenters. The highest BCUT2D eigenvalue weighted by molar-refractivity contribution is 9.10. The largest absolute Gasteiger partial charge is 0.385 e. The first-order valence-corrected chi connectivity index (χ1v) is 6.97. The SMILES string of the molecule is CC(O)(CCC1CCCO1)c1cccc(Br)c1. The molecule has 1 aromatic rings. The van der Waals surface area contributed by atoms with Crippen molar-refractivity contribution in [3.63, 3.8) is 0 Å². The van der Waals surface area contributed by atoms with Crippen molar-refractivity contribution in [3.05, 3.63) is 34.3 Å². The van der Waals surface area contributed by atoms with Gasteiger partial charge in [-0.1, -0.05) is 28.1 Å². The van der Waals surface area contributed by atoms with Crippen LogP contribution in [0.3, 0.4) is 0 Å². The summed E-state index contributed by atoms with van der Waals surface area (Å²) >= 11 is 3.44. The van der Waals surface area contributed by atoms with Crippen LogP contribution in [0.5, 0.6) is 0 Å². The first-order valence-electron chi connectivity index (χ1n) is 6.18. The lowest BCUT2D eigenvalue weighted by atomic mass is 9.90. The van der Waals surface area contributed by atoms with E-state index < -0.39 is 5.60 Å². The molecule has 1 fully saturated rings. The number of hydrogen-bond donors (Lipinski definition) is 1. The third-order valence-electron chi connectivity index (χ3n) is 3.42. The Kier molecular flexibility index (Phi) is 4.23. The molecule has 1 heterocycles. The van der Waals surface area contributed by atoms with E-state index in [1.807, 2.05) is 31.2 Å². The smallest absolute Gasteiger partial charge is 0.0869 e. The Hall–Kier alpha value is -0.380. The summed E-state index contributed by atoms with van der Waals surface area (Å²) in [7, 11) is 0. The van der Waals surface area contributed by atoms with Crippen molar-refractivity contribution in [2.45, 2.75) is 44.3 Å². The van der Waals surface area contributed by atoms with E-state index in [1.165, 1.54) is 0 Å². The van der Waals surface area contributed by atoms with Crippen LogP contribution in [0.4, 0.5) is 0 Å². The third kappa shape index (κ3) is 3.54. The van der Waals surface area contributed by atoms with Gasteiger partial charge in [-0.25, -0.2) is 0 Å². The Labute approximate surface area is 111 Å². The second-order valence-corrected chi connectivity index (χ2v) is 5.87. The van der Waals surface area contributed by atoms with Gasteiger partial charge in [0, 0.05) is 11.1 Å². The van der Waals surface area contributed by atoms with E-state index in [-0.39, 0.29) is 0 Å². The maximum absolute atomic E-state index is 10.5. The van der Waals surface area contributed by atoms with Gasteiger partial charge in [0.1, 0.15) is 0 Å². The topological polar surface area (TPSA) is 29.5 Å². The van der Waals surface area contributed by atoms with E-state index in [4.69, 9.17) is 4.74 Å². The summed E-state index contributed by atoms with van der Waals surface area (Å²) in [5.74, 6) is 0. The van der Waals surface area contributed by atoms with Crippen molar-refractivity contribution in [2.24, 2.45) is 0 Å². The third-order valence-corrected chi connectivity index (χ3v) is 3.92. The standard InChI is InChI=1S/C14H19BrO2/c1-14(16,8-7-13-6-3-9-17-13)11-4-2-5-12(15)10-11/h2,4-5,10,13,16H,3,6-9H2,1H3. The van der Waals surface area contributed by atoms with Crippen LogP contribution in [0.1, 0.15) is 38.2 Å². The average Bonchev–Trinajstić information content (AvgIpc) is 2.79. The van der Waals surface area contributed by atoms with Gasteiger partial charge >= 0.3 is 0 Å². The van der Waals surface area contributed by atoms with E-state index >= 15 is 0 Å². The van der Waals surface area contributed by atoms with Crippen LogP contribution < -0.4 is 0 Å². The van der Waals surface area contributed by atoms with Crippen LogP contribution in [0, 0.1) is 0 Å². The summed E-state index contributed by atoms with van der Waals surface area (Å²) in [6.45, 7) is 2.76. The molecular formula is C14H19BrO2. The fraction of sp³-hybridized carbons (Fsp3) is 0.571. The molecule has 0 bridgehead atoms. The molecule has 2 unspecified atom stereocenters. The highest BCUT2D eigenvalue weighted by atomic mass is 79.9. The molecule has 1 N–H and O–H groups in total. The quantitative estimate of drug-likeness (QED) is 0.920. The predicted octanol–water partition coefficient (Wildman–Crippen LogP) is 3.62. The van der Waals surface area contributed by atoms with Crippen LogP contribution >= 0.6 is 15.9 Å². The molecule has 0 aliphatic carbocycles. The number of ether oxygens (including phenoxy) is 1. The Morgan fingerprint density at radius 1 is 1.53 bits per heavy atom. The zero-order chi connectivity index (χ0) is 12.3. The number of rotatable bonds is 4. The maximum Gasteiger partial charge on any atom is 0.0869 e. The molecular weight excluding hydrogens is 280 g/mol. The summed E-state index contributed by atoms with van der Waals surface area (Å²) in [6, 6.07) is 7.88. The minimum absolute atomic E-state index is 0.341. The van der Waals surface area contributed by atoms with Crippen molar-refractivity contribution in [2.75, 3.05) is 6.61 Å². The maximum atomic E-state index is 10.5. The highest BCUT2D eigenvalue weighted by Gasteiger charge is 2.26. The summed E-state index contributed by atoms with van der Waals surface area (Å²) in [6.07, 6.45) is 4.31. The van der Waals surface area contributed by atoms with Gasteiger partial charge in [0.2, 0.25) is 0 Å². The fourth-order valence-corrected chi connectivity index (χ4v) is 2.68. The van der Waals surface area contributed by atoms with Crippen molar-refractivity contribution in [3.8, 4) is 0 Å². The molecule has 0 saturated carbocycles. The zero-order valence-corrected chi connectivity index (χ0v) is 11.7. The first-order chi connectivity index (χ1) is 8.08. The summed E-state index contributed by atoms with van der Waals surface area (Å²) in [5, 5.41) is 10.5. The molecule has 0 radical (unpaired) electrons. The second-order valence-electron chi connectivity index (χ2n) is 4.96. The van der Waals surface area contributed by atoms with Gasteiger partial charge in [-0.3, -0.25) is 0 Å². The van der Waals surface area contributed by atoms with Crippen molar-refractivity contribution >= 4 is 15.9 Å². The summed E-state index contributed by atoms with van der Waals surface area (Å²) in [4.78, 5) is 0. The molecule has 1 aliphatic heterocycles. The van der Waals surface area contributed by atoms with Crippen LogP contribution in [0.2, 0.25) is 0 Å². The Bertz CT molecular complexity index is 370.